The van der Waals surface area contributed by atoms with Crippen LogP contribution in [0.15, 0.2) is 12.1 Å². The van der Waals surface area contributed by atoms with E-state index in [0.29, 0.717) is 34.8 Å². The third kappa shape index (κ3) is 3.46. The van der Waals surface area contributed by atoms with Gasteiger partial charge in [0.1, 0.15) is 5.75 Å². The minimum atomic E-state index is -0.365. The lowest BCUT2D eigenvalue weighted by atomic mass is 10.1. The summed E-state index contributed by atoms with van der Waals surface area (Å²) in [4.78, 5) is 22.1. The highest BCUT2D eigenvalue weighted by atomic mass is 35.5. The van der Waals surface area contributed by atoms with E-state index in [2.05, 4.69) is 0 Å². The molecule has 0 fully saturated rings. The zero-order valence-electron chi connectivity index (χ0n) is 9.66. The molecule has 0 saturated heterocycles. The molecular formula is C12H13ClO4. The molecule has 92 valence electrons. The van der Waals surface area contributed by atoms with Crippen LogP contribution in [0.3, 0.4) is 0 Å². The molecule has 1 aromatic carbocycles. The second-order valence-electron chi connectivity index (χ2n) is 3.29. The first-order valence-corrected chi connectivity index (χ1v) is 5.47. The van der Waals surface area contributed by atoms with Crippen LogP contribution in [0.2, 0.25) is 5.02 Å². The lowest BCUT2D eigenvalue weighted by Crippen LogP contribution is -2.08. The predicted octanol–water partition coefficient (Wildman–Crippen LogP) is 2.27. The van der Waals surface area contributed by atoms with Crippen molar-refractivity contribution in [1.29, 1.82) is 0 Å². The Labute approximate surface area is 104 Å². The van der Waals surface area contributed by atoms with E-state index in [0.717, 1.165) is 0 Å². The summed E-state index contributed by atoms with van der Waals surface area (Å²) < 4.78 is 9.85. The van der Waals surface area contributed by atoms with Crippen molar-refractivity contribution >= 4 is 23.9 Å². The fraction of sp³-hybridized carbons (Fsp3) is 0.333. The number of aldehydes is 1. The summed E-state index contributed by atoms with van der Waals surface area (Å²) in [6, 6.07) is 3.05. The molecule has 0 amide bonds. The highest BCUT2D eigenvalue weighted by Crippen LogP contribution is 2.26. The van der Waals surface area contributed by atoms with Gasteiger partial charge in [-0.2, -0.15) is 0 Å². The molecule has 17 heavy (non-hydrogen) atoms. The molecule has 0 spiro atoms. The van der Waals surface area contributed by atoms with E-state index < -0.39 is 0 Å². The number of methoxy groups -OCH3 is 1. The van der Waals surface area contributed by atoms with Gasteiger partial charge < -0.3 is 9.47 Å². The van der Waals surface area contributed by atoms with Gasteiger partial charge in [0, 0.05) is 5.02 Å². The summed E-state index contributed by atoms with van der Waals surface area (Å²) in [6.45, 7) is 2.05. The summed E-state index contributed by atoms with van der Waals surface area (Å²) >= 11 is 5.96. The van der Waals surface area contributed by atoms with Gasteiger partial charge in [-0.15, -0.1) is 0 Å². The van der Waals surface area contributed by atoms with Crippen LogP contribution in [0.1, 0.15) is 22.8 Å². The summed E-state index contributed by atoms with van der Waals surface area (Å²) in [5.41, 5.74) is 0.928. The normalized spacial score (nSPS) is 9.82. The van der Waals surface area contributed by atoms with Crippen LogP contribution in [0.4, 0.5) is 0 Å². The van der Waals surface area contributed by atoms with Crippen LogP contribution in [0.5, 0.6) is 5.75 Å². The van der Waals surface area contributed by atoms with Crippen LogP contribution < -0.4 is 4.74 Å². The predicted molar refractivity (Wildman–Crippen MR) is 63.7 cm³/mol. The molecule has 0 saturated carbocycles. The van der Waals surface area contributed by atoms with Gasteiger partial charge in [-0.25, -0.2) is 0 Å². The number of hydrogen-bond donors (Lipinski definition) is 0. The van der Waals surface area contributed by atoms with E-state index in [1.54, 1.807) is 13.0 Å². The maximum absolute atomic E-state index is 11.3. The smallest absolute Gasteiger partial charge is 0.310 e. The van der Waals surface area contributed by atoms with Crippen molar-refractivity contribution in [2.75, 3.05) is 13.7 Å². The van der Waals surface area contributed by atoms with E-state index in [1.165, 1.54) is 13.2 Å². The molecule has 0 aromatic heterocycles. The quantitative estimate of drug-likeness (QED) is 0.599. The molecule has 5 heteroatoms. The third-order valence-corrected chi connectivity index (χ3v) is 2.52. The molecule has 0 aliphatic heterocycles. The lowest BCUT2D eigenvalue weighted by molar-refractivity contribution is -0.142. The third-order valence-electron chi connectivity index (χ3n) is 2.17. The number of esters is 1. The maximum Gasteiger partial charge on any atom is 0.310 e. The van der Waals surface area contributed by atoms with Gasteiger partial charge in [0.25, 0.3) is 0 Å². The standard InChI is InChI=1S/C12H13ClO4/c1-3-17-12(15)6-8-5-11(16-2)9(7-14)4-10(8)13/h4-5,7H,3,6H2,1-2H3. The largest absolute Gasteiger partial charge is 0.496 e. The molecule has 0 radical (unpaired) electrons. The number of hydrogen-bond acceptors (Lipinski definition) is 4. The zero-order valence-corrected chi connectivity index (χ0v) is 10.4. The first kappa shape index (κ1) is 13.5. The van der Waals surface area contributed by atoms with E-state index in [-0.39, 0.29) is 12.4 Å². The molecule has 0 unspecified atom stereocenters. The van der Waals surface area contributed by atoms with Gasteiger partial charge in [-0.3, -0.25) is 9.59 Å². The Bertz CT molecular complexity index is 429. The molecule has 0 heterocycles. The van der Waals surface area contributed by atoms with Gasteiger partial charge in [0.05, 0.1) is 25.7 Å². The first-order valence-electron chi connectivity index (χ1n) is 5.09. The lowest BCUT2D eigenvalue weighted by Gasteiger charge is -2.09. The number of halogens is 1. The van der Waals surface area contributed by atoms with Gasteiger partial charge >= 0.3 is 5.97 Å². The molecule has 0 aliphatic carbocycles. The number of rotatable bonds is 5. The fourth-order valence-electron chi connectivity index (χ4n) is 1.38. The van der Waals surface area contributed by atoms with Crippen LogP contribution >= 0.6 is 11.6 Å². The monoisotopic (exact) mass is 256 g/mol. The Hall–Kier alpha value is -1.55. The molecule has 0 atom stereocenters. The Morgan fingerprint density at radius 3 is 2.71 bits per heavy atom. The first-order chi connectivity index (χ1) is 8.12. The maximum atomic E-state index is 11.3. The molecule has 1 aromatic rings. The van der Waals surface area contributed by atoms with Crippen LogP contribution in [-0.2, 0) is 16.0 Å². The Morgan fingerprint density at radius 2 is 2.18 bits per heavy atom. The van der Waals surface area contributed by atoms with Crippen LogP contribution in [0.25, 0.3) is 0 Å². The number of carbonyl (C=O) groups excluding carboxylic acids is 2. The van der Waals surface area contributed by atoms with Gasteiger partial charge in [0.15, 0.2) is 6.29 Å². The molecule has 0 bridgehead atoms. The Morgan fingerprint density at radius 1 is 1.47 bits per heavy atom. The average molecular weight is 257 g/mol. The second-order valence-corrected chi connectivity index (χ2v) is 3.69. The number of benzene rings is 1. The molecule has 0 N–H and O–H groups in total. The summed E-state index contributed by atoms with van der Waals surface area (Å²) in [6.07, 6.45) is 0.709. The van der Waals surface area contributed by atoms with Crippen LogP contribution in [0, 0.1) is 0 Å². The van der Waals surface area contributed by atoms with Crippen molar-refractivity contribution < 1.29 is 19.1 Å². The zero-order chi connectivity index (χ0) is 12.8. The Kier molecular flexibility index (Phi) is 4.97. The second kappa shape index (κ2) is 6.25. The van der Waals surface area contributed by atoms with Crippen molar-refractivity contribution in [3.63, 3.8) is 0 Å². The van der Waals surface area contributed by atoms with Crippen molar-refractivity contribution in [3.8, 4) is 5.75 Å². The molecule has 1 rings (SSSR count). The molecule has 4 nitrogen and oxygen atoms in total. The Balaban J connectivity index is 3.00. The van der Waals surface area contributed by atoms with Gasteiger partial charge in [0.2, 0.25) is 0 Å². The molecule has 0 aliphatic rings. The average Bonchev–Trinajstić information content (AvgIpc) is 2.31. The van der Waals surface area contributed by atoms with E-state index in [1.807, 2.05) is 0 Å². The summed E-state index contributed by atoms with van der Waals surface area (Å²) in [7, 11) is 1.45. The van der Waals surface area contributed by atoms with Crippen molar-refractivity contribution in [2.24, 2.45) is 0 Å². The highest BCUT2D eigenvalue weighted by Gasteiger charge is 2.12. The van der Waals surface area contributed by atoms with Gasteiger partial charge in [-0.05, 0) is 24.6 Å². The van der Waals surface area contributed by atoms with E-state index in [4.69, 9.17) is 21.1 Å². The molecular weight excluding hydrogens is 244 g/mol. The SMILES string of the molecule is CCOC(=O)Cc1cc(OC)c(C=O)cc1Cl. The minimum Gasteiger partial charge on any atom is -0.496 e. The van der Waals surface area contributed by atoms with Crippen molar-refractivity contribution in [1.82, 2.24) is 0 Å². The van der Waals surface area contributed by atoms with Gasteiger partial charge in [-0.1, -0.05) is 11.6 Å². The van der Waals surface area contributed by atoms with Crippen molar-refractivity contribution in [3.05, 3.63) is 28.3 Å². The topological polar surface area (TPSA) is 52.6 Å². The summed E-state index contributed by atoms with van der Waals surface area (Å²) in [5.74, 6) is 0.0269. The minimum absolute atomic E-state index is 0.0577. The van der Waals surface area contributed by atoms with E-state index in [9.17, 15) is 9.59 Å². The summed E-state index contributed by atoms with van der Waals surface area (Å²) in [5, 5.41) is 0.348. The van der Waals surface area contributed by atoms with Crippen LogP contribution in [-0.4, -0.2) is 26.0 Å². The highest BCUT2D eigenvalue weighted by molar-refractivity contribution is 6.31. The van der Waals surface area contributed by atoms with E-state index >= 15 is 0 Å². The fourth-order valence-corrected chi connectivity index (χ4v) is 1.62. The number of ether oxygens (including phenoxy) is 2. The number of carbonyl (C=O) groups is 2. The van der Waals surface area contributed by atoms with Crippen molar-refractivity contribution in [2.45, 2.75) is 13.3 Å².